The van der Waals surface area contributed by atoms with E-state index < -0.39 is 5.97 Å². The molecule has 1 atom stereocenters. The molecule has 0 aliphatic heterocycles. The number of unbranched alkanes of at least 4 members (excludes halogenated alkanes) is 3. The Kier molecular flexibility index (Phi) is 8.92. The molecule has 1 N–H and O–H groups in total. The molecule has 3 nitrogen and oxygen atoms in total. The fraction of sp³-hybridized carbons (Fsp3) is 0.941. The molecule has 0 amide bonds. The lowest BCUT2D eigenvalue weighted by molar-refractivity contribution is -0.142. The standard InChI is InChI=1S/C17H33NO2/c1-3-4-5-10-13-18(14-15(2)17(19)20)16-11-8-6-7-9-12-16/h15-16H,3-14H2,1-2H3,(H,19,20). The molecule has 0 bridgehead atoms. The molecule has 20 heavy (non-hydrogen) atoms. The van der Waals surface area contributed by atoms with Gasteiger partial charge >= 0.3 is 5.97 Å². The van der Waals surface area contributed by atoms with E-state index in [1.807, 2.05) is 6.92 Å². The van der Waals surface area contributed by atoms with Gasteiger partial charge in [0.25, 0.3) is 0 Å². The molecule has 1 fully saturated rings. The van der Waals surface area contributed by atoms with Crippen LogP contribution in [0.25, 0.3) is 0 Å². The minimum atomic E-state index is -0.655. The second-order valence-electron chi connectivity index (χ2n) is 6.44. The highest BCUT2D eigenvalue weighted by atomic mass is 16.4. The molecule has 0 aromatic carbocycles. The topological polar surface area (TPSA) is 40.5 Å². The number of carboxylic acids is 1. The molecule has 0 spiro atoms. The number of carbonyl (C=O) groups is 1. The van der Waals surface area contributed by atoms with Crippen LogP contribution < -0.4 is 0 Å². The van der Waals surface area contributed by atoms with Crippen LogP contribution in [0.1, 0.15) is 78.1 Å². The first-order valence-electron chi connectivity index (χ1n) is 8.62. The van der Waals surface area contributed by atoms with Crippen LogP contribution in [0.15, 0.2) is 0 Å². The predicted octanol–water partition coefficient (Wildman–Crippen LogP) is 4.31. The maximum atomic E-state index is 11.1. The summed E-state index contributed by atoms with van der Waals surface area (Å²) in [5.74, 6) is -0.901. The molecule has 3 heteroatoms. The summed E-state index contributed by atoms with van der Waals surface area (Å²) in [5, 5.41) is 9.17. The maximum Gasteiger partial charge on any atom is 0.307 e. The second kappa shape index (κ2) is 10.2. The van der Waals surface area contributed by atoms with E-state index >= 15 is 0 Å². The molecule has 0 heterocycles. The Balaban J connectivity index is 2.49. The smallest absolute Gasteiger partial charge is 0.307 e. The Morgan fingerprint density at radius 2 is 1.80 bits per heavy atom. The zero-order valence-electron chi connectivity index (χ0n) is 13.4. The first kappa shape index (κ1) is 17.5. The monoisotopic (exact) mass is 283 g/mol. The first-order valence-corrected chi connectivity index (χ1v) is 8.62. The van der Waals surface area contributed by atoms with Gasteiger partial charge in [-0.25, -0.2) is 0 Å². The van der Waals surface area contributed by atoms with Gasteiger partial charge in [0.15, 0.2) is 0 Å². The lowest BCUT2D eigenvalue weighted by Gasteiger charge is -2.32. The Morgan fingerprint density at radius 1 is 1.15 bits per heavy atom. The number of nitrogens with zero attached hydrogens (tertiary/aromatic N) is 1. The molecule has 0 aromatic heterocycles. The summed E-state index contributed by atoms with van der Waals surface area (Å²) in [5.41, 5.74) is 0. The average molecular weight is 283 g/mol. The fourth-order valence-electron chi connectivity index (χ4n) is 3.22. The first-order chi connectivity index (χ1) is 9.65. The highest BCUT2D eigenvalue weighted by Crippen LogP contribution is 2.23. The number of hydrogen-bond donors (Lipinski definition) is 1. The van der Waals surface area contributed by atoms with Gasteiger partial charge in [-0.3, -0.25) is 9.69 Å². The van der Waals surface area contributed by atoms with Gasteiger partial charge in [-0.1, -0.05) is 58.8 Å². The van der Waals surface area contributed by atoms with Crippen LogP contribution in [0.4, 0.5) is 0 Å². The van der Waals surface area contributed by atoms with Crippen molar-refractivity contribution in [2.24, 2.45) is 5.92 Å². The summed E-state index contributed by atoms with van der Waals surface area (Å²) in [6.45, 7) is 5.89. The summed E-state index contributed by atoms with van der Waals surface area (Å²) < 4.78 is 0. The third-order valence-electron chi connectivity index (χ3n) is 4.57. The third-order valence-corrected chi connectivity index (χ3v) is 4.57. The molecule has 1 rings (SSSR count). The van der Waals surface area contributed by atoms with E-state index in [2.05, 4.69) is 11.8 Å². The number of carboxylic acid groups (broad SMARTS) is 1. The minimum Gasteiger partial charge on any atom is -0.481 e. The van der Waals surface area contributed by atoms with Crippen LogP contribution in [-0.4, -0.2) is 35.1 Å². The van der Waals surface area contributed by atoms with Crippen molar-refractivity contribution in [3.05, 3.63) is 0 Å². The summed E-state index contributed by atoms with van der Waals surface area (Å²) in [6, 6.07) is 0.626. The fourth-order valence-corrected chi connectivity index (χ4v) is 3.22. The maximum absolute atomic E-state index is 11.1. The number of rotatable bonds is 9. The molecular weight excluding hydrogens is 250 g/mol. The van der Waals surface area contributed by atoms with Crippen molar-refractivity contribution in [1.29, 1.82) is 0 Å². The van der Waals surface area contributed by atoms with E-state index in [9.17, 15) is 4.79 Å². The van der Waals surface area contributed by atoms with E-state index in [1.54, 1.807) is 0 Å². The van der Waals surface area contributed by atoms with Crippen molar-refractivity contribution in [2.75, 3.05) is 13.1 Å². The molecule has 1 aliphatic carbocycles. The van der Waals surface area contributed by atoms with Crippen molar-refractivity contribution in [1.82, 2.24) is 4.90 Å². The molecule has 1 unspecified atom stereocenters. The van der Waals surface area contributed by atoms with Crippen molar-refractivity contribution in [2.45, 2.75) is 84.1 Å². The third kappa shape index (κ3) is 6.74. The zero-order valence-corrected chi connectivity index (χ0v) is 13.4. The minimum absolute atomic E-state index is 0.246. The van der Waals surface area contributed by atoms with Gasteiger partial charge in [0.2, 0.25) is 0 Å². The second-order valence-corrected chi connectivity index (χ2v) is 6.44. The Bertz CT molecular complexity index is 260. The van der Waals surface area contributed by atoms with Gasteiger partial charge < -0.3 is 5.11 Å². The van der Waals surface area contributed by atoms with Crippen molar-refractivity contribution >= 4 is 5.97 Å². The average Bonchev–Trinajstić information content (AvgIpc) is 2.70. The molecular formula is C17H33NO2. The largest absolute Gasteiger partial charge is 0.481 e. The molecule has 1 saturated carbocycles. The lowest BCUT2D eigenvalue weighted by atomic mass is 10.0. The molecule has 118 valence electrons. The van der Waals surface area contributed by atoms with Crippen LogP contribution in [0.2, 0.25) is 0 Å². The van der Waals surface area contributed by atoms with Crippen LogP contribution in [0.5, 0.6) is 0 Å². The van der Waals surface area contributed by atoms with Gasteiger partial charge in [-0.2, -0.15) is 0 Å². The van der Waals surface area contributed by atoms with Gasteiger partial charge in [-0.15, -0.1) is 0 Å². The molecule has 0 aromatic rings. The zero-order chi connectivity index (χ0) is 14.8. The van der Waals surface area contributed by atoms with Crippen molar-refractivity contribution in [3.63, 3.8) is 0 Å². The summed E-state index contributed by atoms with van der Waals surface area (Å²) in [6.07, 6.45) is 12.9. The Morgan fingerprint density at radius 3 is 2.35 bits per heavy atom. The van der Waals surface area contributed by atoms with Gasteiger partial charge in [0.05, 0.1) is 5.92 Å². The van der Waals surface area contributed by atoms with E-state index in [0.29, 0.717) is 6.04 Å². The van der Waals surface area contributed by atoms with E-state index in [4.69, 9.17) is 5.11 Å². The Labute approximate surface area is 124 Å². The summed E-state index contributed by atoms with van der Waals surface area (Å²) in [7, 11) is 0. The molecule has 1 aliphatic rings. The van der Waals surface area contributed by atoms with Crippen LogP contribution in [0.3, 0.4) is 0 Å². The number of aliphatic carboxylic acids is 1. The Hall–Kier alpha value is -0.570. The molecule has 0 radical (unpaired) electrons. The van der Waals surface area contributed by atoms with Crippen LogP contribution in [-0.2, 0) is 4.79 Å². The highest BCUT2D eigenvalue weighted by Gasteiger charge is 2.23. The van der Waals surface area contributed by atoms with Crippen molar-refractivity contribution < 1.29 is 9.90 Å². The quantitative estimate of drug-likeness (QED) is 0.506. The SMILES string of the molecule is CCCCCCN(CC(C)C(=O)O)C1CCCCCC1. The van der Waals surface area contributed by atoms with E-state index in [1.165, 1.54) is 64.2 Å². The van der Waals surface area contributed by atoms with E-state index in [0.717, 1.165) is 13.1 Å². The molecule has 0 saturated heterocycles. The predicted molar refractivity (Wildman–Crippen MR) is 84.0 cm³/mol. The van der Waals surface area contributed by atoms with Gasteiger partial charge in [0.1, 0.15) is 0 Å². The van der Waals surface area contributed by atoms with Crippen LogP contribution in [0, 0.1) is 5.92 Å². The number of hydrogen-bond acceptors (Lipinski definition) is 2. The van der Waals surface area contributed by atoms with Gasteiger partial charge in [0, 0.05) is 12.6 Å². The highest BCUT2D eigenvalue weighted by molar-refractivity contribution is 5.69. The van der Waals surface area contributed by atoms with Crippen LogP contribution >= 0.6 is 0 Å². The summed E-state index contributed by atoms with van der Waals surface area (Å²) in [4.78, 5) is 13.6. The lowest BCUT2D eigenvalue weighted by Crippen LogP contribution is -2.40. The van der Waals surface area contributed by atoms with Crippen molar-refractivity contribution in [3.8, 4) is 0 Å². The normalized spacial score (nSPS) is 18.9. The summed E-state index contributed by atoms with van der Waals surface area (Å²) >= 11 is 0. The van der Waals surface area contributed by atoms with E-state index in [-0.39, 0.29) is 5.92 Å². The van der Waals surface area contributed by atoms with Gasteiger partial charge in [-0.05, 0) is 25.8 Å².